The van der Waals surface area contributed by atoms with Crippen molar-refractivity contribution in [2.75, 3.05) is 18.0 Å². The Balaban J connectivity index is 2.01. The van der Waals surface area contributed by atoms with Gasteiger partial charge >= 0.3 is 0 Å². The molecule has 104 valence electrons. The summed E-state index contributed by atoms with van der Waals surface area (Å²) in [6.07, 6.45) is 5.18. The average molecular weight is 268 g/mol. The van der Waals surface area contributed by atoms with Crippen molar-refractivity contribution in [2.45, 2.75) is 12.8 Å². The van der Waals surface area contributed by atoms with Crippen LogP contribution in [0.25, 0.3) is 0 Å². The zero-order valence-corrected chi connectivity index (χ0v) is 11.5. The summed E-state index contributed by atoms with van der Waals surface area (Å²) < 4.78 is 0. The molecule has 2 aromatic rings. The lowest BCUT2D eigenvalue weighted by Gasteiger charge is -2.24. The van der Waals surface area contributed by atoms with Crippen molar-refractivity contribution >= 4 is 11.5 Å². The van der Waals surface area contributed by atoms with Gasteiger partial charge in [0.15, 0.2) is 0 Å². The predicted molar refractivity (Wildman–Crippen MR) is 83.1 cm³/mol. The first-order valence-electron chi connectivity index (χ1n) is 6.77. The molecule has 0 aliphatic carbocycles. The highest BCUT2D eigenvalue weighted by Crippen LogP contribution is 2.14. The van der Waals surface area contributed by atoms with Gasteiger partial charge in [0, 0.05) is 37.6 Å². The van der Waals surface area contributed by atoms with Gasteiger partial charge in [-0.05, 0) is 36.2 Å². The van der Waals surface area contributed by atoms with E-state index in [-0.39, 0.29) is 5.84 Å². The number of pyridine rings is 1. The molecule has 3 N–H and O–H groups in total. The number of nitrogens with two attached hydrogens (primary N) is 1. The molecule has 2 rings (SSSR count). The van der Waals surface area contributed by atoms with E-state index >= 15 is 0 Å². The van der Waals surface area contributed by atoms with E-state index in [4.69, 9.17) is 11.1 Å². The molecule has 20 heavy (non-hydrogen) atoms. The van der Waals surface area contributed by atoms with Crippen LogP contribution in [0.3, 0.4) is 0 Å². The number of rotatable bonds is 7. The van der Waals surface area contributed by atoms with Crippen molar-refractivity contribution in [3.63, 3.8) is 0 Å². The van der Waals surface area contributed by atoms with E-state index < -0.39 is 0 Å². The van der Waals surface area contributed by atoms with Crippen LogP contribution in [-0.2, 0) is 6.42 Å². The Morgan fingerprint density at radius 1 is 1.05 bits per heavy atom. The standard InChI is InChI=1S/C16H20N4/c17-16(18)9-13-20(15-4-2-1-3-5-15)12-8-14-6-10-19-11-7-14/h1-7,10-11H,8-9,12-13H2,(H3,17,18). The number of anilines is 1. The van der Waals surface area contributed by atoms with Crippen LogP contribution in [-0.4, -0.2) is 23.9 Å². The molecule has 0 unspecified atom stereocenters. The van der Waals surface area contributed by atoms with Gasteiger partial charge in [0.2, 0.25) is 0 Å². The molecule has 0 radical (unpaired) electrons. The second-order valence-electron chi connectivity index (χ2n) is 4.70. The van der Waals surface area contributed by atoms with Gasteiger partial charge in [0.25, 0.3) is 0 Å². The number of benzene rings is 1. The lowest BCUT2D eigenvalue weighted by atomic mass is 10.1. The molecule has 4 nitrogen and oxygen atoms in total. The van der Waals surface area contributed by atoms with Gasteiger partial charge in [0.05, 0.1) is 5.84 Å². The van der Waals surface area contributed by atoms with Crippen molar-refractivity contribution in [3.05, 3.63) is 60.4 Å². The van der Waals surface area contributed by atoms with Crippen molar-refractivity contribution < 1.29 is 0 Å². The fraction of sp³-hybridized carbons (Fsp3) is 0.250. The first kappa shape index (κ1) is 14.1. The molecule has 4 heteroatoms. The number of hydrogen-bond donors (Lipinski definition) is 2. The van der Waals surface area contributed by atoms with E-state index in [9.17, 15) is 0 Å². The van der Waals surface area contributed by atoms with Gasteiger partial charge in [-0.2, -0.15) is 0 Å². The summed E-state index contributed by atoms with van der Waals surface area (Å²) >= 11 is 0. The van der Waals surface area contributed by atoms with Gasteiger partial charge in [0.1, 0.15) is 0 Å². The van der Waals surface area contributed by atoms with E-state index in [1.54, 1.807) is 0 Å². The molecule has 1 aromatic carbocycles. The maximum atomic E-state index is 7.39. The molecule has 1 heterocycles. The van der Waals surface area contributed by atoms with Crippen LogP contribution in [0.5, 0.6) is 0 Å². The Morgan fingerprint density at radius 3 is 2.40 bits per heavy atom. The molecule has 0 atom stereocenters. The minimum absolute atomic E-state index is 0.231. The lowest BCUT2D eigenvalue weighted by Crippen LogP contribution is -2.29. The summed E-state index contributed by atoms with van der Waals surface area (Å²) in [6.45, 7) is 1.67. The number of nitrogens with one attached hydrogen (secondary N) is 1. The lowest BCUT2D eigenvalue weighted by molar-refractivity contribution is 0.784. The SMILES string of the molecule is N=C(N)CCN(CCc1ccncc1)c1ccccc1. The summed E-state index contributed by atoms with van der Waals surface area (Å²) in [5, 5.41) is 7.39. The van der Waals surface area contributed by atoms with Crippen LogP contribution in [0.2, 0.25) is 0 Å². The van der Waals surface area contributed by atoms with Gasteiger partial charge in [-0.15, -0.1) is 0 Å². The molecule has 0 fully saturated rings. The Hall–Kier alpha value is -2.36. The van der Waals surface area contributed by atoms with E-state index in [1.165, 1.54) is 11.3 Å². The Morgan fingerprint density at radius 2 is 1.75 bits per heavy atom. The predicted octanol–water partition coefficient (Wildman–Crippen LogP) is 2.46. The number of nitrogens with zero attached hydrogens (tertiary/aromatic N) is 2. The highest BCUT2D eigenvalue weighted by molar-refractivity contribution is 5.77. The summed E-state index contributed by atoms with van der Waals surface area (Å²) in [5.41, 5.74) is 7.91. The van der Waals surface area contributed by atoms with Gasteiger partial charge < -0.3 is 10.6 Å². The molecule has 0 aliphatic heterocycles. The zero-order valence-electron chi connectivity index (χ0n) is 11.5. The van der Waals surface area contributed by atoms with Crippen molar-refractivity contribution in [2.24, 2.45) is 5.73 Å². The Bertz CT molecular complexity index is 525. The highest BCUT2D eigenvalue weighted by atomic mass is 15.1. The van der Waals surface area contributed by atoms with E-state index in [0.717, 1.165) is 19.5 Å². The molecule has 1 aromatic heterocycles. The van der Waals surface area contributed by atoms with Crippen molar-refractivity contribution in [1.29, 1.82) is 5.41 Å². The van der Waals surface area contributed by atoms with E-state index in [1.807, 2.05) is 42.7 Å². The third-order valence-corrected chi connectivity index (χ3v) is 3.19. The summed E-state index contributed by atoms with van der Waals surface area (Å²) in [7, 11) is 0. The fourth-order valence-electron chi connectivity index (χ4n) is 2.08. The van der Waals surface area contributed by atoms with Gasteiger partial charge in [-0.3, -0.25) is 10.4 Å². The van der Waals surface area contributed by atoms with Crippen molar-refractivity contribution in [3.8, 4) is 0 Å². The van der Waals surface area contributed by atoms with E-state index in [0.29, 0.717) is 6.42 Å². The molecule has 0 aliphatic rings. The Labute approximate surface area is 119 Å². The monoisotopic (exact) mass is 268 g/mol. The van der Waals surface area contributed by atoms with Crippen LogP contribution in [0, 0.1) is 5.41 Å². The molecule has 0 spiro atoms. The number of hydrogen-bond acceptors (Lipinski definition) is 3. The maximum absolute atomic E-state index is 7.39. The Kier molecular flexibility index (Phi) is 5.12. The third-order valence-electron chi connectivity index (χ3n) is 3.19. The molecule has 0 saturated carbocycles. The third kappa shape index (κ3) is 4.39. The van der Waals surface area contributed by atoms with Gasteiger partial charge in [-0.25, -0.2) is 0 Å². The molecule has 0 bridgehead atoms. The highest BCUT2D eigenvalue weighted by Gasteiger charge is 2.07. The second kappa shape index (κ2) is 7.28. The number of amidine groups is 1. The molecule has 0 amide bonds. The molecular formula is C16H20N4. The normalized spacial score (nSPS) is 10.2. The molecule has 0 saturated heterocycles. The van der Waals surface area contributed by atoms with E-state index in [2.05, 4.69) is 22.0 Å². The first-order chi connectivity index (χ1) is 9.75. The van der Waals surface area contributed by atoms with Crippen LogP contribution in [0.15, 0.2) is 54.9 Å². The minimum atomic E-state index is 0.231. The van der Waals surface area contributed by atoms with Crippen LogP contribution >= 0.6 is 0 Å². The summed E-state index contributed by atoms with van der Waals surface area (Å²) in [5.74, 6) is 0.231. The quantitative estimate of drug-likeness (QED) is 0.599. The average Bonchev–Trinajstić information content (AvgIpc) is 2.49. The number of aromatic nitrogens is 1. The zero-order chi connectivity index (χ0) is 14.2. The topological polar surface area (TPSA) is 66.0 Å². The van der Waals surface area contributed by atoms with Gasteiger partial charge in [-0.1, -0.05) is 18.2 Å². The maximum Gasteiger partial charge on any atom is 0.0923 e. The number of para-hydroxylation sites is 1. The van der Waals surface area contributed by atoms with Crippen molar-refractivity contribution in [1.82, 2.24) is 4.98 Å². The smallest absolute Gasteiger partial charge is 0.0923 e. The summed E-state index contributed by atoms with van der Waals surface area (Å²) in [4.78, 5) is 6.30. The van der Waals surface area contributed by atoms with Crippen LogP contribution in [0.4, 0.5) is 5.69 Å². The second-order valence-corrected chi connectivity index (χ2v) is 4.70. The molecular weight excluding hydrogens is 248 g/mol. The minimum Gasteiger partial charge on any atom is -0.388 e. The summed E-state index contributed by atoms with van der Waals surface area (Å²) in [6, 6.07) is 14.3. The van der Waals surface area contributed by atoms with Crippen LogP contribution < -0.4 is 10.6 Å². The first-order valence-corrected chi connectivity index (χ1v) is 6.77. The fourth-order valence-corrected chi connectivity index (χ4v) is 2.08. The largest absolute Gasteiger partial charge is 0.388 e. The van der Waals surface area contributed by atoms with Crippen LogP contribution in [0.1, 0.15) is 12.0 Å².